The third kappa shape index (κ3) is 1.78. The average Bonchev–Trinajstić information content (AvgIpc) is 3.09. The molecule has 0 radical (unpaired) electrons. The van der Waals surface area contributed by atoms with Crippen LogP contribution in [-0.2, 0) is 0 Å². The average molecular weight is 244 g/mol. The predicted octanol–water partition coefficient (Wildman–Crippen LogP) is 3.44. The van der Waals surface area contributed by atoms with Gasteiger partial charge >= 0.3 is 0 Å². The van der Waals surface area contributed by atoms with E-state index in [4.69, 9.17) is 4.52 Å². The molecule has 4 nitrogen and oxygen atoms in total. The zero-order valence-corrected chi connectivity index (χ0v) is 10.6. The van der Waals surface area contributed by atoms with Crippen LogP contribution >= 0.6 is 0 Å². The third-order valence-corrected chi connectivity index (χ3v) is 3.31. The zero-order valence-electron chi connectivity index (χ0n) is 10.6. The Morgan fingerprint density at radius 2 is 2.17 bits per heavy atom. The summed E-state index contributed by atoms with van der Waals surface area (Å²) in [7, 11) is 0. The molecule has 0 unspecified atom stereocenters. The van der Waals surface area contributed by atoms with Crippen LogP contribution < -0.4 is 0 Å². The number of rotatable bonds is 3. The number of aromatic nitrogens is 2. The minimum Gasteiger partial charge on any atom is -0.506 e. The highest BCUT2D eigenvalue weighted by Crippen LogP contribution is 2.48. The molecular formula is C14H16N2O2. The van der Waals surface area contributed by atoms with E-state index in [0.717, 1.165) is 35.4 Å². The minimum atomic E-state index is 0.185. The van der Waals surface area contributed by atoms with Crippen LogP contribution in [0.5, 0.6) is 5.75 Å². The monoisotopic (exact) mass is 244 g/mol. The molecule has 0 aliphatic heterocycles. The SMILES string of the molecule is CC(C)c1noc(C2CC2)c1-c1ccncc1O. The lowest BCUT2D eigenvalue weighted by atomic mass is 9.96. The fourth-order valence-electron chi connectivity index (χ4n) is 2.20. The molecule has 1 aliphatic rings. The van der Waals surface area contributed by atoms with Gasteiger partial charge in [-0.2, -0.15) is 0 Å². The second-order valence-corrected chi connectivity index (χ2v) is 5.13. The Labute approximate surface area is 106 Å². The van der Waals surface area contributed by atoms with Crippen molar-refractivity contribution in [3.8, 4) is 16.9 Å². The first-order chi connectivity index (χ1) is 8.68. The molecule has 0 aromatic carbocycles. The standard InChI is InChI=1S/C14H16N2O2/c1-8(2)13-12(10-5-6-15-7-11(10)17)14(18-16-13)9-3-4-9/h5-9,17H,3-4H2,1-2H3. The molecule has 94 valence electrons. The maximum Gasteiger partial charge on any atom is 0.148 e. The highest BCUT2D eigenvalue weighted by Gasteiger charge is 2.34. The van der Waals surface area contributed by atoms with E-state index in [-0.39, 0.29) is 11.7 Å². The fourth-order valence-corrected chi connectivity index (χ4v) is 2.20. The summed E-state index contributed by atoms with van der Waals surface area (Å²) in [5.74, 6) is 1.83. The summed E-state index contributed by atoms with van der Waals surface area (Å²) < 4.78 is 5.51. The normalized spacial score (nSPS) is 15.3. The van der Waals surface area contributed by atoms with E-state index in [1.165, 1.54) is 6.20 Å². The summed E-state index contributed by atoms with van der Waals surface area (Å²) in [5, 5.41) is 14.2. The van der Waals surface area contributed by atoms with Crippen molar-refractivity contribution < 1.29 is 9.63 Å². The van der Waals surface area contributed by atoms with E-state index in [1.807, 2.05) is 6.07 Å². The highest BCUT2D eigenvalue weighted by molar-refractivity contribution is 5.74. The number of pyridine rings is 1. The molecule has 2 heterocycles. The van der Waals surface area contributed by atoms with Crippen LogP contribution in [0.2, 0.25) is 0 Å². The van der Waals surface area contributed by atoms with Gasteiger partial charge in [0.15, 0.2) is 0 Å². The van der Waals surface area contributed by atoms with E-state index in [0.29, 0.717) is 5.92 Å². The molecule has 3 rings (SSSR count). The van der Waals surface area contributed by atoms with Gasteiger partial charge in [0.25, 0.3) is 0 Å². The van der Waals surface area contributed by atoms with Gasteiger partial charge in [0.1, 0.15) is 11.5 Å². The van der Waals surface area contributed by atoms with E-state index in [1.54, 1.807) is 6.20 Å². The smallest absolute Gasteiger partial charge is 0.148 e. The fraction of sp³-hybridized carbons (Fsp3) is 0.429. The Morgan fingerprint density at radius 3 is 2.78 bits per heavy atom. The molecule has 1 aliphatic carbocycles. The molecule has 0 spiro atoms. The number of hydrogen-bond donors (Lipinski definition) is 1. The number of aromatic hydroxyl groups is 1. The Bertz CT molecular complexity index is 551. The highest BCUT2D eigenvalue weighted by atomic mass is 16.5. The number of nitrogens with zero attached hydrogens (tertiary/aromatic N) is 2. The van der Waals surface area contributed by atoms with Gasteiger partial charge in [-0.15, -0.1) is 0 Å². The molecule has 1 fully saturated rings. The van der Waals surface area contributed by atoms with Crippen LogP contribution in [0.15, 0.2) is 23.0 Å². The Kier molecular flexibility index (Phi) is 2.58. The first-order valence-electron chi connectivity index (χ1n) is 6.31. The van der Waals surface area contributed by atoms with Crippen molar-refractivity contribution in [2.75, 3.05) is 0 Å². The summed E-state index contributed by atoms with van der Waals surface area (Å²) in [6.07, 6.45) is 5.43. The van der Waals surface area contributed by atoms with Crippen LogP contribution in [0.4, 0.5) is 0 Å². The van der Waals surface area contributed by atoms with E-state index < -0.39 is 0 Å². The van der Waals surface area contributed by atoms with E-state index in [9.17, 15) is 5.11 Å². The van der Waals surface area contributed by atoms with Crippen molar-refractivity contribution in [2.45, 2.75) is 38.5 Å². The predicted molar refractivity (Wildman–Crippen MR) is 67.5 cm³/mol. The van der Waals surface area contributed by atoms with Crippen LogP contribution in [0.3, 0.4) is 0 Å². The second kappa shape index (κ2) is 4.12. The second-order valence-electron chi connectivity index (χ2n) is 5.13. The maximum atomic E-state index is 9.98. The van der Waals surface area contributed by atoms with Crippen LogP contribution in [0, 0.1) is 0 Å². The Hall–Kier alpha value is -1.84. The van der Waals surface area contributed by atoms with Gasteiger partial charge in [0, 0.05) is 17.7 Å². The molecular weight excluding hydrogens is 228 g/mol. The molecule has 0 bridgehead atoms. The molecule has 0 atom stereocenters. The molecule has 2 aromatic rings. The van der Waals surface area contributed by atoms with Gasteiger partial charge < -0.3 is 9.63 Å². The van der Waals surface area contributed by atoms with Crippen molar-refractivity contribution in [1.82, 2.24) is 10.1 Å². The molecule has 1 N–H and O–H groups in total. The first kappa shape index (κ1) is 11.3. The summed E-state index contributed by atoms with van der Waals surface area (Å²) in [6.45, 7) is 4.16. The van der Waals surface area contributed by atoms with Gasteiger partial charge in [-0.05, 0) is 24.8 Å². The third-order valence-electron chi connectivity index (χ3n) is 3.31. The van der Waals surface area contributed by atoms with Crippen molar-refractivity contribution in [2.24, 2.45) is 0 Å². The van der Waals surface area contributed by atoms with E-state index in [2.05, 4.69) is 24.0 Å². The lowest BCUT2D eigenvalue weighted by molar-refractivity contribution is 0.376. The Morgan fingerprint density at radius 1 is 1.39 bits per heavy atom. The molecule has 1 saturated carbocycles. The van der Waals surface area contributed by atoms with E-state index >= 15 is 0 Å². The molecule has 0 saturated heterocycles. The lowest BCUT2D eigenvalue weighted by Crippen LogP contribution is -1.93. The summed E-state index contributed by atoms with van der Waals surface area (Å²) >= 11 is 0. The van der Waals surface area contributed by atoms with Crippen LogP contribution in [0.1, 0.15) is 50.0 Å². The minimum absolute atomic E-state index is 0.185. The molecule has 0 amide bonds. The maximum absolute atomic E-state index is 9.98. The van der Waals surface area contributed by atoms with Crippen molar-refractivity contribution >= 4 is 0 Å². The summed E-state index contributed by atoms with van der Waals surface area (Å²) in [6, 6.07) is 1.82. The van der Waals surface area contributed by atoms with Crippen LogP contribution in [-0.4, -0.2) is 15.2 Å². The lowest BCUT2D eigenvalue weighted by Gasteiger charge is -2.07. The van der Waals surface area contributed by atoms with Gasteiger partial charge in [0.2, 0.25) is 0 Å². The Balaban J connectivity index is 2.19. The first-order valence-corrected chi connectivity index (χ1v) is 6.31. The zero-order chi connectivity index (χ0) is 12.7. The van der Waals surface area contributed by atoms with Crippen molar-refractivity contribution in [3.63, 3.8) is 0 Å². The number of hydrogen-bond acceptors (Lipinski definition) is 4. The van der Waals surface area contributed by atoms with Gasteiger partial charge in [0.05, 0.1) is 17.5 Å². The molecule has 2 aromatic heterocycles. The topological polar surface area (TPSA) is 59.2 Å². The van der Waals surface area contributed by atoms with Gasteiger partial charge in [-0.25, -0.2) is 0 Å². The largest absolute Gasteiger partial charge is 0.506 e. The van der Waals surface area contributed by atoms with Crippen molar-refractivity contribution in [3.05, 3.63) is 29.9 Å². The van der Waals surface area contributed by atoms with Gasteiger partial charge in [-0.1, -0.05) is 19.0 Å². The quantitative estimate of drug-likeness (QED) is 0.898. The van der Waals surface area contributed by atoms with Gasteiger partial charge in [-0.3, -0.25) is 4.98 Å². The molecule has 4 heteroatoms. The summed E-state index contributed by atoms with van der Waals surface area (Å²) in [4.78, 5) is 3.92. The van der Waals surface area contributed by atoms with Crippen molar-refractivity contribution in [1.29, 1.82) is 0 Å². The molecule has 18 heavy (non-hydrogen) atoms. The summed E-state index contributed by atoms with van der Waals surface area (Å²) in [5.41, 5.74) is 2.66. The van der Waals surface area contributed by atoms with Crippen LogP contribution in [0.25, 0.3) is 11.1 Å².